The predicted molar refractivity (Wildman–Crippen MR) is 70.5 cm³/mol. The second kappa shape index (κ2) is 11.6. The Hall–Kier alpha value is -0.220. The molecule has 0 radical (unpaired) electrons. The molecule has 0 aliphatic carbocycles. The van der Waals surface area contributed by atoms with Crippen molar-refractivity contribution in [3.63, 3.8) is 0 Å². The van der Waals surface area contributed by atoms with Crippen molar-refractivity contribution >= 4 is 5.91 Å². The van der Waals surface area contributed by atoms with Gasteiger partial charge in [-0.2, -0.15) is 0 Å². The Morgan fingerprint density at radius 2 is 2.05 bits per heavy atom. The second-order valence-electron chi connectivity index (χ2n) is 4.36. The number of allylic oxidation sites excluding steroid dienone is 1. The van der Waals surface area contributed by atoms with E-state index in [1.54, 1.807) is 6.92 Å². The van der Waals surface area contributed by atoms with Crippen LogP contribution in [0.1, 0.15) is 20.8 Å². The zero-order valence-electron chi connectivity index (χ0n) is 11.8. The van der Waals surface area contributed by atoms with Crippen LogP contribution in [-0.4, -0.2) is 36.0 Å². The summed E-state index contributed by atoms with van der Waals surface area (Å²) in [6.45, 7) is 6.46. The van der Waals surface area contributed by atoms with Crippen molar-refractivity contribution in [2.75, 3.05) is 17.8 Å². The lowest BCUT2D eigenvalue weighted by atomic mass is 10.2. The highest BCUT2D eigenvalue weighted by molar-refractivity contribution is 5.79. The Morgan fingerprint density at radius 3 is 2.63 bits per heavy atom. The summed E-state index contributed by atoms with van der Waals surface area (Å²) in [5.74, 6) is -0.0344. The highest BCUT2D eigenvalue weighted by Gasteiger charge is 2.15. The van der Waals surface area contributed by atoms with Crippen LogP contribution in [0.25, 0.3) is 0 Å². The highest BCUT2D eigenvalue weighted by Crippen LogP contribution is 1.99. The molecule has 1 unspecified atom stereocenters. The molecule has 19 heavy (non-hydrogen) atoms. The van der Waals surface area contributed by atoms with Crippen LogP contribution in [0.5, 0.6) is 0 Å². The van der Waals surface area contributed by atoms with Crippen molar-refractivity contribution in [2.24, 2.45) is 17.4 Å². The van der Waals surface area contributed by atoms with Crippen LogP contribution in [0, 0.1) is 5.92 Å². The summed E-state index contributed by atoms with van der Waals surface area (Å²) in [4.78, 5) is 10.8. The molecule has 112 valence electrons. The smallest absolute Gasteiger partial charge is 0.368 e. The second-order valence-corrected chi connectivity index (χ2v) is 6.62. The lowest BCUT2D eigenvalue weighted by Crippen LogP contribution is -3.69. The van der Waals surface area contributed by atoms with E-state index < -0.39 is 0 Å². The molecule has 0 saturated carbocycles. The number of hydrogen-bond donors (Lipinski definition) is 3. The van der Waals surface area contributed by atoms with Gasteiger partial charge < -0.3 is 20.9 Å². The molecule has 0 saturated heterocycles. The highest BCUT2D eigenvalue weighted by atomic mass is 127. The Bertz CT molecular complexity index is 275. The molecule has 0 aliphatic rings. The van der Waals surface area contributed by atoms with E-state index in [1.165, 1.54) is 0 Å². The first-order valence-corrected chi connectivity index (χ1v) is 8.78. The van der Waals surface area contributed by atoms with E-state index in [0.29, 0.717) is 6.61 Å². The number of carbonyl (C=O) groups excluding carboxylic acids is 1. The van der Waals surface area contributed by atoms with Crippen LogP contribution < -0.4 is 36.5 Å². The van der Waals surface area contributed by atoms with Crippen LogP contribution in [0.3, 0.4) is 0 Å². The normalized spacial score (nSPS) is 15.0. The first-order valence-electron chi connectivity index (χ1n) is 6.18. The number of nitrogens with two attached hydrogens (primary N) is 2. The molecule has 5 N–H and O–H groups in total. The van der Waals surface area contributed by atoms with Gasteiger partial charge in [0.15, 0.2) is 4.43 Å². The van der Waals surface area contributed by atoms with E-state index >= 15 is 0 Å². The molecule has 2 atom stereocenters. The number of ether oxygens (including phenoxy) is 2. The van der Waals surface area contributed by atoms with Gasteiger partial charge in [-0.15, -0.1) is 0 Å². The van der Waals surface area contributed by atoms with Gasteiger partial charge in [-0.25, -0.2) is 0 Å². The number of primary amides is 1. The van der Waals surface area contributed by atoms with Gasteiger partial charge in [-0.05, 0) is 18.9 Å². The Morgan fingerprint density at radius 1 is 1.37 bits per heavy atom. The van der Waals surface area contributed by atoms with E-state index in [1.807, 2.05) is 26.0 Å². The molecule has 0 aliphatic heterocycles. The van der Waals surface area contributed by atoms with E-state index in [-0.39, 0.29) is 52.4 Å². The van der Waals surface area contributed by atoms with E-state index in [2.05, 4.69) is 3.53 Å². The van der Waals surface area contributed by atoms with Gasteiger partial charge in [0.2, 0.25) is 5.91 Å². The van der Waals surface area contributed by atoms with Gasteiger partial charge in [0, 0.05) is 0 Å². The fraction of sp³-hybridized carbons (Fsp3) is 0.750. The Kier molecular flexibility index (Phi) is 11.5. The first-order chi connectivity index (χ1) is 8.95. The number of carbonyl (C=O) groups is 1. The molecule has 0 spiro atoms. The molecule has 1 amide bonds. The van der Waals surface area contributed by atoms with Gasteiger partial charge in [0.1, 0.15) is 19.1 Å². The molecule has 7 heteroatoms. The van der Waals surface area contributed by atoms with Crippen LogP contribution >= 0.6 is 0 Å². The van der Waals surface area contributed by atoms with E-state index in [4.69, 9.17) is 20.9 Å². The largest absolute Gasteiger partial charge is 0.389 e. The molecule has 0 aromatic carbocycles. The molecule has 6 nitrogen and oxygen atoms in total. The summed E-state index contributed by atoms with van der Waals surface area (Å²) >= 11 is -0.239. The molecule has 0 bridgehead atoms. The maximum atomic E-state index is 10.8. The molecule has 0 aromatic heterocycles. The van der Waals surface area contributed by atoms with Crippen LogP contribution in [0.15, 0.2) is 12.2 Å². The van der Waals surface area contributed by atoms with Crippen molar-refractivity contribution in [1.29, 1.82) is 0 Å². The third-order valence-corrected chi connectivity index (χ3v) is 4.54. The van der Waals surface area contributed by atoms with Crippen molar-refractivity contribution in [3.05, 3.63) is 12.2 Å². The summed E-state index contributed by atoms with van der Waals surface area (Å²) in [5, 5.41) is 0. The standard InChI is InChI=1S/C12H24IN3O3/c1-9(2)12(15)19-8-18-7-5-4-6-13-16-10(3)11(14)17/h4-5,9-10,12,16H,6-8,15H2,1-3H3,(H-,14,17)/p+1/b5-4-/t10-,12?/m0/s1. The number of rotatable bonds is 11. The van der Waals surface area contributed by atoms with Crippen molar-refractivity contribution in [2.45, 2.75) is 33.0 Å². The van der Waals surface area contributed by atoms with Crippen molar-refractivity contribution in [3.8, 4) is 0 Å². The summed E-state index contributed by atoms with van der Waals surface area (Å²) in [5.41, 5.74) is 10.8. The first kappa shape index (κ1) is 18.8. The van der Waals surface area contributed by atoms with Crippen molar-refractivity contribution in [1.82, 2.24) is 3.53 Å². The Balaban J connectivity index is 3.38. The van der Waals surface area contributed by atoms with Crippen molar-refractivity contribution < 1.29 is 35.7 Å². The summed E-state index contributed by atoms with van der Waals surface area (Å²) in [6, 6.07) is -0.247. The van der Waals surface area contributed by atoms with Gasteiger partial charge in [0.05, 0.1) is 6.61 Å². The molecular weight excluding hydrogens is 361 g/mol. The number of amides is 1. The lowest BCUT2D eigenvalue weighted by Gasteiger charge is -2.15. The minimum atomic E-state index is -0.314. The number of nitrogens with one attached hydrogen (secondary N) is 1. The zero-order chi connectivity index (χ0) is 14.7. The average Bonchev–Trinajstić information content (AvgIpc) is 2.35. The minimum Gasteiger partial charge on any atom is -0.368 e. The van der Waals surface area contributed by atoms with Gasteiger partial charge in [-0.3, -0.25) is 4.79 Å². The average molecular weight is 386 g/mol. The SMILES string of the molecule is CC(C)C(N)OCOC/C=C\C[I+]N[C@@H](C)C(N)=O. The van der Waals surface area contributed by atoms with E-state index in [0.717, 1.165) is 4.43 Å². The Labute approximate surface area is 125 Å². The molecular formula is C12H25IN3O3+. The third kappa shape index (κ3) is 11.3. The van der Waals surface area contributed by atoms with Gasteiger partial charge in [0.25, 0.3) is 0 Å². The summed E-state index contributed by atoms with van der Waals surface area (Å²) < 4.78 is 14.5. The number of hydrogen-bond acceptors (Lipinski definition) is 5. The summed E-state index contributed by atoms with van der Waals surface area (Å²) in [6.07, 6.45) is 3.67. The maximum absolute atomic E-state index is 10.8. The quantitative estimate of drug-likeness (QED) is 0.0875. The van der Waals surface area contributed by atoms with E-state index in [9.17, 15) is 4.79 Å². The van der Waals surface area contributed by atoms with Crippen LogP contribution in [-0.2, 0) is 14.3 Å². The minimum absolute atomic E-state index is 0.204. The summed E-state index contributed by atoms with van der Waals surface area (Å²) in [7, 11) is 0. The molecule has 0 fully saturated rings. The monoisotopic (exact) mass is 386 g/mol. The predicted octanol–water partition coefficient (Wildman–Crippen LogP) is -3.06. The zero-order valence-corrected chi connectivity index (χ0v) is 13.9. The number of halogens is 1. The lowest BCUT2D eigenvalue weighted by molar-refractivity contribution is -0.705. The maximum Gasteiger partial charge on any atom is 0.389 e. The third-order valence-electron chi connectivity index (χ3n) is 2.22. The van der Waals surface area contributed by atoms with Crippen LogP contribution in [0.4, 0.5) is 0 Å². The molecule has 0 heterocycles. The fourth-order valence-corrected chi connectivity index (χ4v) is 2.66. The topological polar surface area (TPSA) is 99.6 Å². The molecule has 0 rings (SSSR count). The van der Waals surface area contributed by atoms with Crippen LogP contribution in [0.2, 0.25) is 0 Å². The number of alkyl halides is 1. The van der Waals surface area contributed by atoms with Gasteiger partial charge in [-0.1, -0.05) is 23.5 Å². The van der Waals surface area contributed by atoms with Gasteiger partial charge >= 0.3 is 21.5 Å². The fourth-order valence-electron chi connectivity index (χ4n) is 0.825. The molecule has 0 aromatic rings.